The molecule has 3 heterocycles. The monoisotopic (exact) mass is 397 g/mol. The second kappa shape index (κ2) is 9.55. The van der Waals surface area contributed by atoms with E-state index in [9.17, 15) is 9.59 Å². The van der Waals surface area contributed by atoms with Crippen LogP contribution in [0.1, 0.15) is 54.4 Å². The lowest BCUT2D eigenvalue weighted by atomic mass is 9.97. The van der Waals surface area contributed by atoms with Crippen molar-refractivity contribution >= 4 is 24.2 Å². The van der Waals surface area contributed by atoms with Gasteiger partial charge in [-0.05, 0) is 58.9 Å². The summed E-state index contributed by atoms with van der Waals surface area (Å²) in [6, 6.07) is -0.0403. The number of hydrogen-bond donors (Lipinski definition) is 2. The van der Waals surface area contributed by atoms with Crippen LogP contribution in [0.2, 0.25) is 0 Å². The third kappa shape index (κ3) is 4.82. The summed E-state index contributed by atoms with van der Waals surface area (Å²) in [6.45, 7) is 9.73. The Balaban J connectivity index is 0.00000261. The number of carbonyl (C=O) groups is 2. The minimum atomic E-state index is -0.0403. The number of nitrogens with one attached hydrogen (secondary N) is 2. The van der Waals surface area contributed by atoms with Crippen LogP contribution in [0.25, 0.3) is 0 Å². The molecule has 8 heteroatoms. The molecule has 2 atom stereocenters. The average molecular weight is 398 g/mol. The van der Waals surface area contributed by atoms with E-state index in [1.54, 1.807) is 0 Å². The van der Waals surface area contributed by atoms with Crippen molar-refractivity contribution in [3.63, 3.8) is 0 Å². The first kappa shape index (κ1) is 21.7. The number of carbonyl (C=O) groups excluding carboxylic acids is 2. The van der Waals surface area contributed by atoms with Crippen molar-refractivity contribution in [3.8, 4) is 0 Å². The van der Waals surface area contributed by atoms with Crippen molar-refractivity contribution in [2.75, 3.05) is 26.2 Å². The van der Waals surface area contributed by atoms with E-state index >= 15 is 0 Å². The summed E-state index contributed by atoms with van der Waals surface area (Å²) in [4.78, 5) is 27.2. The summed E-state index contributed by atoms with van der Waals surface area (Å²) >= 11 is 0. The first-order valence-corrected chi connectivity index (χ1v) is 9.85. The van der Waals surface area contributed by atoms with Gasteiger partial charge in [-0.15, -0.1) is 12.4 Å². The van der Waals surface area contributed by atoms with Crippen molar-refractivity contribution in [1.82, 2.24) is 25.3 Å². The van der Waals surface area contributed by atoms with E-state index < -0.39 is 0 Å². The van der Waals surface area contributed by atoms with Crippen molar-refractivity contribution in [2.45, 2.75) is 59.0 Å². The fraction of sp³-hybridized carbons (Fsp3) is 0.737. The molecular formula is C19H32ClN5O2. The van der Waals surface area contributed by atoms with E-state index in [0.717, 1.165) is 62.3 Å². The van der Waals surface area contributed by atoms with E-state index in [0.29, 0.717) is 19.0 Å². The minimum absolute atomic E-state index is 0. The Kier molecular flexibility index (Phi) is 7.68. The Hall–Kier alpha value is -1.60. The van der Waals surface area contributed by atoms with Gasteiger partial charge in [0.2, 0.25) is 5.91 Å². The number of hydrogen-bond acceptors (Lipinski definition) is 4. The highest BCUT2D eigenvalue weighted by atomic mass is 35.5. The smallest absolute Gasteiger partial charge is 0.257 e. The Labute approximate surface area is 167 Å². The van der Waals surface area contributed by atoms with Crippen molar-refractivity contribution in [1.29, 1.82) is 0 Å². The molecule has 0 aromatic carbocycles. The molecule has 152 valence electrons. The maximum Gasteiger partial charge on any atom is 0.257 e. The van der Waals surface area contributed by atoms with Gasteiger partial charge < -0.3 is 15.5 Å². The predicted octanol–water partition coefficient (Wildman–Crippen LogP) is 1.66. The van der Waals surface area contributed by atoms with E-state index in [1.165, 1.54) is 0 Å². The lowest BCUT2D eigenvalue weighted by Gasteiger charge is -2.33. The minimum Gasteiger partial charge on any atom is -0.354 e. The highest BCUT2D eigenvalue weighted by molar-refractivity contribution is 5.96. The number of rotatable bonds is 5. The van der Waals surface area contributed by atoms with Crippen molar-refractivity contribution < 1.29 is 9.59 Å². The van der Waals surface area contributed by atoms with Crippen LogP contribution < -0.4 is 10.6 Å². The van der Waals surface area contributed by atoms with Crippen LogP contribution in [0.3, 0.4) is 0 Å². The molecule has 1 aromatic rings. The Bertz CT molecular complexity index is 669. The molecule has 0 bridgehead atoms. The molecule has 0 aliphatic carbocycles. The summed E-state index contributed by atoms with van der Waals surface area (Å²) in [5, 5.41) is 10.8. The number of nitrogens with zero attached hydrogens (tertiary/aromatic N) is 3. The Morgan fingerprint density at radius 3 is 2.67 bits per heavy atom. The van der Waals surface area contributed by atoms with Gasteiger partial charge in [0.25, 0.3) is 5.91 Å². The standard InChI is InChI=1S/C19H31N5O2.ClH/c1-4-24-14(3)17(13(2)22-24)19(26)23-10-6-7-15(12-23)11-21-18(25)16-8-5-9-20-16;/h15-16,20H,4-12H2,1-3H3,(H,21,25);1H. The van der Waals surface area contributed by atoms with Crippen molar-refractivity contribution in [3.05, 3.63) is 17.0 Å². The van der Waals surface area contributed by atoms with Crippen LogP contribution in [0.4, 0.5) is 0 Å². The third-order valence-corrected chi connectivity index (χ3v) is 5.64. The average Bonchev–Trinajstić information content (AvgIpc) is 3.27. The third-order valence-electron chi connectivity index (χ3n) is 5.64. The summed E-state index contributed by atoms with van der Waals surface area (Å²) in [5.41, 5.74) is 2.49. The second-order valence-corrected chi connectivity index (χ2v) is 7.52. The van der Waals surface area contributed by atoms with Gasteiger partial charge in [0, 0.05) is 31.9 Å². The fourth-order valence-corrected chi connectivity index (χ4v) is 4.17. The number of aromatic nitrogens is 2. The number of piperidine rings is 1. The highest BCUT2D eigenvalue weighted by Crippen LogP contribution is 2.21. The molecule has 7 nitrogen and oxygen atoms in total. The molecule has 3 rings (SSSR count). The summed E-state index contributed by atoms with van der Waals surface area (Å²) in [5.74, 6) is 0.495. The molecular weight excluding hydrogens is 366 g/mol. The molecule has 1 aromatic heterocycles. The summed E-state index contributed by atoms with van der Waals surface area (Å²) in [7, 11) is 0. The lowest BCUT2D eigenvalue weighted by molar-refractivity contribution is -0.123. The van der Waals surface area contributed by atoms with Crippen LogP contribution in [-0.4, -0.2) is 58.7 Å². The van der Waals surface area contributed by atoms with Gasteiger partial charge in [0.15, 0.2) is 0 Å². The SMILES string of the molecule is CCn1nc(C)c(C(=O)N2CCCC(CNC(=O)C3CCCN3)C2)c1C.Cl. The maximum atomic E-state index is 13.0. The predicted molar refractivity (Wildman–Crippen MR) is 107 cm³/mol. The van der Waals surface area contributed by atoms with Gasteiger partial charge in [-0.25, -0.2) is 0 Å². The van der Waals surface area contributed by atoms with Gasteiger partial charge in [-0.2, -0.15) is 5.10 Å². The fourth-order valence-electron chi connectivity index (χ4n) is 4.17. The first-order valence-electron chi connectivity index (χ1n) is 9.85. The highest BCUT2D eigenvalue weighted by Gasteiger charge is 2.29. The maximum absolute atomic E-state index is 13.0. The normalized spacial score (nSPS) is 22.4. The number of amides is 2. The van der Waals surface area contributed by atoms with Crippen LogP contribution in [-0.2, 0) is 11.3 Å². The van der Waals surface area contributed by atoms with E-state index in [4.69, 9.17) is 0 Å². The largest absolute Gasteiger partial charge is 0.354 e. The lowest BCUT2D eigenvalue weighted by Crippen LogP contribution is -2.46. The number of aryl methyl sites for hydroxylation is 2. The topological polar surface area (TPSA) is 79.3 Å². The summed E-state index contributed by atoms with van der Waals surface area (Å²) in [6.07, 6.45) is 4.01. The number of halogens is 1. The van der Waals surface area contributed by atoms with Crippen LogP contribution in [0, 0.1) is 19.8 Å². The van der Waals surface area contributed by atoms with Gasteiger partial charge in [-0.3, -0.25) is 14.3 Å². The van der Waals surface area contributed by atoms with Gasteiger partial charge in [0.05, 0.1) is 17.3 Å². The van der Waals surface area contributed by atoms with Crippen molar-refractivity contribution in [2.24, 2.45) is 5.92 Å². The molecule has 27 heavy (non-hydrogen) atoms. The quantitative estimate of drug-likeness (QED) is 0.792. The van der Waals surface area contributed by atoms with Crippen LogP contribution >= 0.6 is 12.4 Å². The molecule has 0 radical (unpaired) electrons. The Morgan fingerprint density at radius 2 is 2.04 bits per heavy atom. The molecule has 0 spiro atoms. The van der Waals surface area contributed by atoms with Crippen LogP contribution in [0.15, 0.2) is 0 Å². The van der Waals surface area contributed by atoms with Gasteiger partial charge in [0.1, 0.15) is 0 Å². The molecule has 2 aliphatic heterocycles. The molecule has 2 amide bonds. The Morgan fingerprint density at radius 1 is 1.26 bits per heavy atom. The zero-order chi connectivity index (χ0) is 18.7. The number of likely N-dealkylation sites (tertiary alicyclic amines) is 1. The molecule has 0 saturated carbocycles. The first-order chi connectivity index (χ1) is 12.5. The molecule has 2 fully saturated rings. The summed E-state index contributed by atoms with van der Waals surface area (Å²) < 4.78 is 1.89. The van der Waals surface area contributed by atoms with Gasteiger partial charge >= 0.3 is 0 Å². The van der Waals surface area contributed by atoms with E-state index in [-0.39, 0.29) is 30.3 Å². The molecule has 2 aliphatic rings. The van der Waals surface area contributed by atoms with E-state index in [2.05, 4.69) is 15.7 Å². The second-order valence-electron chi connectivity index (χ2n) is 7.52. The zero-order valence-electron chi connectivity index (χ0n) is 16.6. The van der Waals surface area contributed by atoms with E-state index in [1.807, 2.05) is 30.4 Å². The van der Waals surface area contributed by atoms with Crippen LogP contribution in [0.5, 0.6) is 0 Å². The molecule has 2 unspecified atom stereocenters. The molecule has 2 saturated heterocycles. The van der Waals surface area contributed by atoms with Gasteiger partial charge in [-0.1, -0.05) is 0 Å². The zero-order valence-corrected chi connectivity index (χ0v) is 17.4. The molecule has 2 N–H and O–H groups in total.